The Bertz CT molecular complexity index is 700. The number of anilines is 2. The molecule has 0 saturated carbocycles. The second kappa shape index (κ2) is 5.91. The van der Waals surface area contributed by atoms with E-state index in [0.29, 0.717) is 5.69 Å². The van der Waals surface area contributed by atoms with Gasteiger partial charge in [-0.15, -0.1) is 0 Å². The van der Waals surface area contributed by atoms with Crippen molar-refractivity contribution >= 4 is 23.1 Å². The molecule has 0 spiro atoms. The van der Waals surface area contributed by atoms with Gasteiger partial charge < -0.3 is 15.7 Å². The molecule has 0 radical (unpaired) electrons. The van der Waals surface area contributed by atoms with E-state index in [-0.39, 0.29) is 17.1 Å². The van der Waals surface area contributed by atoms with Crippen LogP contribution in [-0.2, 0) is 0 Å². The first-order valence-electron chi connectivity index (χ1n) is 6.08. The van der Waals surface area contributed by atoms with Gasteiger partial charge in [0.15, 0.2) is 0 Å². The lowest BCUT2D eigenvalue weighted by atomic mass is 10.2. The quantitative estimate of drug-likeness (QED) is 0.595. The summed E-state index contributed by atoms with van der Waals surface area (Å²) in [5.74, 6) is 0.00844. The molecule has 2 aromatic rings. The van der Waals surface area contributed by atoms with Crippen molar-refractivity contribution in [3.8, 4) is 5.75 Å². The number of carbonyl (C=O) groups excluding carboxylic acids is 1. The minimum Gasteiger partial charge on any atom is -0.508 e. The van der Waals surface area contributed by atoms with E-state index in [9.17, 15) is 20.0 Å². The number of phenols is 1. The van der Waals surface area contributed by atoms with Crippen molar-refractivity contribution in [2.45, 2.75) is 6.92 Å². The van der Waals surface area contributed by atoms with E-state index in [2.05, 4.69) is 10.6 Å². The Balaban J connectivity index is 2.15. The fraction of sp³-hybridized carbons (Fsp3) is 0.0714. The highest BCUT2D eigenvalue weighted by atomic mass is 16.6. The van der Waals surface area contributed by atoms with Gasteiger partial charge >= 0.3 is 6.03 Å². The highest BCUT2D eigenvalue weighted by molar-refractivity contribution is 6.01. The lowest BCUT2D eigenvalue weighted by Gasteiger charge is -2.08. The summed E-state index contributed by atoms with van der Waals surface area (Å²) < 4.78 is 0. The molecule has 7 heteroatoms. The average molecular weight is 287 g/mol. The van der Waals surface area contributed by atoms with Gasteiger partial charge in [-0.2, -0.15) is 0 Å². The summed E-state index contributed by atoms with van der Waals surface area (Å²) in [7, 11) is 0. The number of rotatable bonds is 3. The van der Waals surface area contributed by atoms with Gasteiger partial charge in [0.25, 0.3) is 5.69 Å². The zero-order valence-corrected chi connectivity index (χ0v) is 11.2. The normalized spacial score (nSPS) is 9.95. The van der Waals surface area contributed by atoms with Gasteiger partial charge in [-0.25, -0.2) is 4.79 Å². The maximum Gasteiger partial charge on any atom is 0.323 e. The summed E-state index contributed by atoms with van der Waals surface area (Å²) in [5, 5.41) is 25.2. The van der Waals surface area contributed by atoms with E-state index in [1.807, 2.05) is 0 Å². The van der Waals surface area contributed by atoms with Gasteiger partial charge in [-0.1, -0.05) is 12.1 Å². The molecule has 0 unspecified atom stereocenters. The number of benzene rings is 2. The van der Waals surface area contributed by atoms with Crippen LogP contribution in [0.4, 0.5) is 21.9 Å². The second-order valence-corrected chi connectivity index (χ2v) is 4.41. The van der Waals surface area contributed by atoms with Crippen molar-refractivity contribution in [2.24, 2.45) is 0 Å². The van der Waals surface area contributed by atoms with E-state index >= 15 is 0 Å². The third-order valence-corrected chi connectivity index (χ3v) is 2.70. The standard InChI is InChI=1S/C14H13N3O4/c1-9-5-6-12(13(7-9)17(20)21)16-14(19)15-10-3-2-4-11(18)8-10/h2-8,18H,1H3,(H2,15,16,19). The molecule has 0 saturated heterocycles. The first-order chi connectivity index (χ1) is 9.95. The third kappa shape index (κ3) is 3.69. The van der Waals surface area contributed by atoms with Crippen LogP contribution in [0.25, 0.3) is 0 Å². The Morgan fingerprint density at radius 1 is 1.19 bits per heavy atom. The van der Waals surface area contributed by atoms with Crippen LogP contribution in [0.1, 0.15) is 5.56 Å². The number of urea groups is 1. The first-order valence-corrected chi connectivity index (χ1v) is 6.08. The molecule has 0 aromatic heterocycles. The number of phenolic OH excluding ortho intramolecular Hbond substituents is 1. The molecule has 108 valence electrons. The predicted octanol–water partition coefficient (Wildman–Crippen LogP) is 3.25. The minimum absolute atomic E-state index is 0.00844. The molecule has 0 heterocycles. The average Bonchev–Trinajstić information content (AvgIpc) is 2.40. The molecule has 0 aliphatic rings. The van der Waals surface area contributed by atoms with Crippen molar-refractivity contribution in [3.05, 3.63) is 58.1 Å². The van der Waals surface area contributed by atoms with Crippen molar-refractivity contribution in [2.75, 3.05) is 10.6 Å². The zero-order chi connectivity index (χ0) is 15.4. The summed E-state index contributed by atoms with van der Waals surface area (Å²) in [6.45, 7) is 1.73. The summed E-state index contributed by atoms with van der Waals surface area (Å²) in [6, 6.07) is 9.86. The minimum atomic E-state index is -0.632. The molecule has 2 rings (SSSR count). The van der Waals surface area contributed by atoms with Gasteiger partial charge in [0.1, 0.15) is 11.4 Å². The zero-order valence-electron chi connectivity index (χ0n) is 11.2. The monoisotopic (exact) mass is 287 g/mol. The van der Waals surface area contributed by atoms with Gasteiger partial charge in [-0.3, -0.25) is 10.1 Å². The fourth-order valence-electron chi connectivity index (χ4n) is 1.77. The van der Waals surface area contributed by atoms with Crippen molar-refractivity contribution in [1.82, 2.24) is 0 Å². The molecule has 0 fully saturated rings. The topological polar surface area (TPSA) is 104 Å². The first kappa shape index (κ1) is 14.3. The third-order valence-electron chi connectivity index (χ3n) is 2.70. The van der Waals surface area contributed by atoms with Gasteiger partial charge in [0, 0.05) is 17.8 Å². The van der Waals surface area contributed by atoms with Gasteiger partial charge in [-0.05, 0) is 30.7 Å². The van der Waals surface area contributed by atoms with Crippen molar-refractivity contribution in [1.29, 1.82) is 0 Å². The number of nitrogens with one attached hydrogen (secondary N) is 2. The second-order valence-electron chi connectivity index (χ2n) is 4.41. The maximum atomic E-state index is 11.8. The molecule has 2 amide bonds. The molecular formula is C14H13N3O4. The Morgan fingerprint density at radius 3 is 2.62 bits per heavy atom. The lowest BCUT2D eigenvalue weighted by molar-refractivity contribution is -0.384. The van der Waals surface area contributed by atoms with E-state index in [4.69, 9.17) is 0 Å². The fourth-order valence-corrected chi connectivity index (χ4v) is 1.77. The number of hydrogen-bond donors (Lipinski definition) is 3. The van der Waals surface area contributed by atoms with Gasteiger partial charge in [0.2, 0.25) is 0 Å². The Kier molecular flexibility index (Phi) is 4.03. The number of aromatic hydroxyl groups is 1. The molecule has 0 aliphatic carbocycles. The van der Waals surface area contributed by atoms with Crippen molar-refractivity contribution < 1.29 is 14.8 Å². The van der Waals surface area contributed by atoms with E-state index in [0.717, 1.165) is 5.56 Å². The number of amides is 2. The SMILES string of the molecule is Cc1ccc(NC(=O)Nc2cccc(O)c2)c([N+](=O)[O-])c1. The summed E-state index contributed by atoms with van der Waals surface area (Å²) in [6.07, 6.45) is 0. The van der Waals surface area contributed by atoms with Crippen LogP contribution < -0.4 is 10.6 Å². The Labute approximate surface area is 120 Å². The largest absolute Gasteiger partial charge is 0.508 e. The highest BCUT2D eigenvalue weighted by Gasteiger charge is 2.15. The Hall–Kier alpha value is -3.09. The number of aryl methyl sites for hydroxylation is 1. The van der Waals surface area contributed by atoms with E-state index in [1.54, 1.807) is 25.1 Å². The maximum absolute atomic E-state index is 11.8. The Morgan fingerprint density at radius 2 is 1.95 bits per heavy atom. The van der Waals surface area contributed by atoms with Crippen LogP contribution in [-0.4, -0.2) is 16.1 Å². The summed E-state index contributed by atoms with van der Waals surface area (Å²) in [5.41, 5.74) is 1.02. The van der Waals surface area contributed by atoms with Crippen LogP contribution in [0, 0.1) is 17.0 Å². The molecule has 0 atom stereocenters. The highest BCUT2D eigenvalue weighted by Crippen LogP contribution is 2.25. The summed E-state index contributed by atoms with van der Waals surface area (Å²) >= 11 is 0. The molecule has 3 N–H and O–H groups in total. The number of nitrogens with zero attached hydrogens (tertiary/aromatic N) is 1. The van der Waals surface area contributed by atoms with Crippen molar-refractivity contribution in [3.63, 3.8) is 0 Å². The van der Waals surface area contributed by atoms with Crippen LogP contribution in [0.15, 0.2) is 42.5 Å². The van der Waals surface area contributed by atoms with Gasteiger partial charge in [0.05, 0.1) is 4.92 Å². The summed E-state index contributed by atoms with van der Waals surface area (Å²) in [4.78, 5) is 22.2. The molecule has 0 aliphatic heterocycles. The number of nitro benzene ring substituents is 1. The number of nitro groups is 1. The van der Waals surface area contributed by atoms with Crippen LogP contribution >= 0.6 is 0 Å². The van der Waals surface area contributed by atoms with Crippen LogP contribution in [0.3, 0.4) is 0 Å². The molecule has 2 aromatic carbocycles. The van der Waals surface area contributed by atoms with Crippen LogP contribution in [0.2, 0.25) is 0 Å². The lowest BCUT2D eigenvalue weighted by Crippen LogP contribution is -2.20. The van der Waals surface area contributed by atoms with E-state index < -0.39 is 11.0 Å². The molecule has 0 bridgehead atoms. The molecular weight excluding hydrogens is 274 g/mol. The molecule has 7 nitrogen and oxygen atoms in total. The van der Waals surface area contributed by atoms with Crippen LogP contribution in [0.5, 0.6) is 5.75 Å². The molecule has 21 heavy (non-hydrogen) atoms. The van der Waals surface area contributed by atoms with E-state index in [1.165, 1.54) is 24.3 Å². The predicted molar refractivity (Wildman–Crippen MR) is 78.6 cm³/mol. The smallest absolute Gasteiger partial charge is 0.323 e. The number of carbonyl (C=O) groups is 1. The number of hydrogen-bond acceptors (Lipinski definition) is 4.